The summed E-state index contributed by atoms with van der Waals surface area (Å²) in [4.78, 5) is 33.0. The molecule has 0 atom stereocenters. The molecule has 2 amide bonds. The van der Waals surface area contributed by atoms with Crippen molar-refractivity contribution in [3.63, 3.8) is 0 Å². The summed E-state index contributed by atoms with van der Waals surface area (Å²) in [5.74, 6) is -0.272. The highest BCUT2D eigenvalue weighted by Crippen LogP contribution is 2.24. The van der Waals surface area contributed by atoms with Crippen LogP contribution in [0, 0.1) is 6.92 Å². The van der Waals surface area contributed by atoms with Crippen LogP contribution < -0.4 is 5.32 Å². The van der Waals surface area contributed by atoms with Crippen molar-refractivity contribution < 1.29 is 9.59 Å². The van der Waals surface area contributed by atoms with Gasteiger partial charge in [0.15, 0.2) is 0 Å². The van der Waals surface area contributed by atoms with Crippen LogP contribution in [-0.2, 0) is 4.79 Å². The smallest absolute Gasteiger partial charge is 0.251 e. The second kappa shape index (κ2) is 7.76. The van der Waals surface area contributed by atoms with Gasteiger partial charge in [-0.25, -0.2) is 4.98 Å². The van der Waals surface area contributed by atoms with Gasteiger partial charge in [0, 0.05) is 48.4 Å². The second-order valence-corrected chi connectivity index (χ2v) is 7.10. The van der Waals surface area contributed by atoms with E-state index in [2.05, 4.69) is 15.2 Å². The number of likely N-dealkylation sites (N-methyl/N-ethyl adjacent to an activating group) is 1. The standard InChI is InChI=1S/C18H22N4O2S/c1-13-12-25-18(20-13)15-5-3-4-14(10-15)17(24)19-11-16(23)22-8-6-21(2)7-9-22/h3-5,10,12H,6-9,11H2,1-2H3,(H,19,24). The van der Waals surface area contributed by atoms with Crippen molar-refractivity contribution in [3.8, 4) is 10.6 Å². The van der Waals surface area contributed by atoms with Crippen molar-refractivity contribution in [1.82, 2.24) is 20.1 Å². The first-order chi connectivity index (χ1) is 12.0. The van der Waals surface area contributed by atoms with E-state index in [1.165, 1.54) is 0 Å². The molecule has 1 saturated heterocycles. The number of aromatic nitrogens is 1. The van der Waals surface area contributed by atoms with E-state index < -0.39 is 0 Å². The largest absolute Gasteiger partial charge is 0.343 e. The molecule has 6 nitrogen and oxygen atoms in total. The molecule has 132 valence electrons. The van der Waals surface area contributed by atoms with Gasteiger partial charge in [-0.05, 0) is 26.1 Å². The number of nitrogens with zero attached hydrogens (tertiary/aromatic N) is 3. The maximum atomic E-state index is 12.4. The van der Waals surface area contributed by atoms with Gasteiger partial charge in [0.25, 0.3) is 5.91 Å². The molecule has 2 aromatic rings. The number of hydrogen-bond acceptors (Lipinski definition) is 5. The van der Waals surface area contributed by atoms with Crippen LogP contribution in [0.4, 0.5) is 0 Å². The lowest BCUT2D eigenvalue weighted by molar-refractivity contribution is -0.131. The summed E-state index contributed by atoms with van der Waals surface area (Å²) in [7, 11) is 2.04. The Kier molecular flexibility index (Phi) is 5.45. The first kappa shape index (κ1) is 17.6. The van der Waals surface area contributed by atoms with E-state index in [0.717, 1.165) is 29.4 Å². The Balaban J connectivity index is 1.59. The molecule has 0 spiro atoms. The van der Waals surface area contributed by atoms with Gasteiger partial charge in [0.1, 0.15) is 5.01 Å². The number of piperazine rings is 1. The molecule has 0 saturated carbocycles. The Labute approximate surface area is 151 Å². The molecule has 1 aliphatic heterocycles. The number of carbonyl (C=O) groups excluding carboxylic acids is 2. The molecule has 0 aliphatic carbocycles. The molecule has 7 heteroatoms. The summed E-state index contributed by atoms with van der Waals surface area (Å²) >= 11 is 1.55. The van der Waals surface area contributed by atoms with Crippen molar-refractivity contribution in [3.05, 3.63) is 40.9 Å². The van der Waals surface area contributed by atoms with E-state index in [-0.39, 0.29) is 18.4 Å². The van der Waals surface area contributed by atoms with Crippen LogP contribution in [-0.4, -0.2) is 66.4 Å². The van der Waals surface area contributed by atoms with E-state index in [1.807, 2.05) is 37.6 Å². The minimum absolute atomic E-state index is 0.0309. The Morgan fingerprint density at radius 2 is 2.00 bits per heavy atom. The lowest BCUT2D eigenvalue weighted by Crippen LogP contribution is -2.50. The minimum Gasteiger partial charge on any atom is -0.343 e. The maximum absolute atomic E-state index is 12.4. The van der Waals surface area contributed by atoms with Crippen molar-refractivity contribution >= 4 is 23.2 Å². The summed E-state index contributed by atoms with van der Waals surface area (Å²) in [5, 5.41) is 5.60. The molecule has 2 heterocycles. The third-order valence-corrected chi connectivity index (χ3v) is 5.26. The number of rotatable bonds is 4. The molecular weight excluding hydrogens is 336 g/mol. The number of benzene rings is 1. The zero-order valence-electron chi connectivity index (χ0n) is 14.5. The lowest BCUT2D eigenvalue weighted by atomic mass is 10.1. The first-order valence-electron chi connectivity index (χ1n) is 8.30. The van der Waals surface area contributed by atoms with Gasteiger partial charge < -0.3 is 15.1 Å². The third kappa shape index (κ3) is 4.43. The Bertz CT molecular complexity index is 766. The first-order valence-corrected chi connectivity index (χ1v) is 9.18. The van der Waals surface area contributed by atoms with Crippen LogP contribution in [0.5, 0.6) is 0 Å². The van der Waals surface area contributed by atoms with Crippen LogP contribution in [0.25, 0.3) is 10.6 Å². The zero-order valence-corrected chi connectivity index (χ0v) is 15.3. The molecule has 25 heavy (non-hydrogen) atoms. The third-order valence-electron chi connectivity index (χ3n) is 4.25. The fourth-order valence-electron chi connectivity index (χ4n) is 2.71. The van der Waals surface area contributed by atoms with Gasteiger partial charge in [-0.2, -0.15) is 0 Å². The quantitative estimate of drug-likeness (QED) is 0.902. The molecule has 3 rings (SSSR count). The molecule has 0 bridgehead atoms. The summed E-state index contributed by atoms with van der Waals surface area (Å²) < 4.78 is 0. The second-order valence-electron chi connectivity index (χ2n) is 6.24. The molecule has 0 unspecified atom stereocenters. The SMILES string of the molecule is Cc1csc(-c2cccc(C(=O)NCC(=O)N3CCN(C)CC3)c2)n1. The number of carbonyl (C=O) groups is 2. The topological polar surface area (TPSA) is 65.5 Å². The van der Waals surface area contributed by atoms with Gasteiger partial charge >= 0.3 is 0 Å². The van der Waals surface area contributed by atoms with Gasteiger partial charge in [0.05, 0.1) is 6.54 Å². The van der Waals surface area contributed by atoms with Crippen molar-refractivity contribution in [2.45, 2.75) is 6.92 Å². The van der Waals surface area contributed by atoms with E-state index in [4.69, 9.17) is 0 Å². The number of thiazole rings is 1. The lowest BCUT2D eigenvalue weighted by Gasteiger charge is -2.32. The van der Waals surface area contributed by atoms with Crippen molar-refractivity contribution in [1.29, 1.82) is 0 Å². The molecular formula is C18H22N4O2S. The van der Waals surface area contributed by atoms with E-state index in [0.29, 0.717) is 18.7 Å². The number of aryl methyl sites for hydroxylation is 1. The molecule has 1 aromatic carbocycles. The van der Waals surface area contributed by atoms with Crippen LogP contribution >= 0.6 is 11.3 Å². The Morgan fingerprint density at radius 3 is 2.68 bits per heavy atom. The highest BCUT2D eigenvalue weighted by Gasteiger charge is 2.19. The monoisotopic (exact) mass is 358 g/mol. The summed E-state index contributed by atoms with van der Waals surface area (Å²) in [6.07, 6.45) is 0. The normalized spacial score (nSPS) is 15.2. The van der Waals surface area contributed by atoms with Gasteiger partial charge in [-0.1, -0.05) is 12.1 Å². The predicted molar refractivity (Wildman–Crippen MR) is 98.7 cm³/mol. The number of amides is 2. The van der Waals surface area contributed by atoms with Gasteiger partial charge in [-0.3, -0.25) is 9.59 Å². The predicted octanol–water partition coefficient (Wildman–Crippen LogP) is 1.62. The minimum atomic E-state index is -0.238. The maximum Gasteiger partial charge on any atom is 0.251 e. The average Bonchev–Trinajstić information content (AvgIpc) is 3.06. The fraction of sp³-hybridized carbons (Fsp3) is 0.389. The Morgan fingerprint density at radius 1 is 1.24 bits per heavy atom. The van der Waals surface area contributed by atoms with Gasteiger partial charge in [0.2, 0.25) is 5.91 Å². The number of hydrogen-bond donors (Lipinski definition) is 1. The molecule has 1 fully saturated rings. The highest BCUT2D eigenvalue weighted by atomic mass is 32.1. The van der Waals surface area contributed by atoms with Gasteiger partial charge in [-0.15, -0.1) is 11.3 Å². The molecule has 1 N–H and O–H groups in total. The van der Waals surface area contributed by atoms with Crippen LogP contribution in [0.3, 0.4) is 0 Å². The number of nitrogens with one attached hydrogen (secondary N) is 1. The summed E-state index contributed by atoms with van der Waals surface area (Å²) in [6.45, 7) is 5.14. The summed E-state index contributed by atoms with van der Waals surface area (Å²) in [5.41, 5.74) is 2.42. The molecule has 0 radical (unpaired) electrons. The molecule has 1 aromatic heterocycles. The fourth-order valence-corrected chi connectivity index (χ4v) is 3.50. The van der Waals surface area contributed by atoms with E-state index >= 15 is 0 Å². The zero-order chi connectivity index (χ0) is 17.8. The van der Waals surface area contributed by atoms with E-state index in [1.54, 1.807) is 22.3 Å². The van der Waals surface area contributed by atoms with Crippen LogP contribution in [0.1, 0.15) is 16.1 Å². The highest BCUT2D eigenvalue weighted by molar-refractivity contribution is 7.13. The average molecular weight is 358 g/mol. The van der Waals surface area contributed by atoms with Crippen LogP contribution in [0.2, 0.25) is 0 Å². The summed E-state index contributed by atoms with van der Waals surface area (Å²) in [6, 6.07) is 7.33. The Hall–Kier alpha value is -2.25. The molecule has 1 aliphatic rings. The van der Waals surface area contributed by atoms with E-state index in [9.17, 15) is 9.59 Å². The van der Waals surface area contributed by atoms with Crippen LogP contribution in [0.15, 0.2) is 29.6 Å². The van der Waals surface area contributed by atoms with Crippen molar-refractivity contribution in [2.75, 3.05) is 39.8 Å². The van der Waals surface area contributed by atoms with Crippen molar-refractivity contribution in [2.24, 2.45) is 0 Å².